The van der Waals surface area contributed by atoms with Crippen molar-refractivity contribution in [3.63, 3.8) is 0 Å². The van der Waals surface area contributed by atoms with Crippen molar-refractivity contribution in [1.82, 2.24) is 34.6 Å². The lowest BCUT2D eigenvalue weighted by atomic mass is 10.2. The molecule has 1 amide bonds. The van der Waals surface area contributed by atoms with Crippen LogP contribution in [0.15, 0.2) is 36.7 Å². The van der Waals surface area contributed by atoms with Crippen LogP contribution in [0.1, 0.15) is 50.6 Å². The largest absolute Gasteiger partial charge is 0.353 e. The van der Waals surface area contributed by atoms with Crippen LogP contribution in [-0.2, 0) is 11.3 Å². The summed E-state index contributed by atoms with van der Waals surface area (Å²) in [5.74, 6) is 3.30. The van der Waals surface area contributed by atoms with Crippen LogP contribution in [0.5, 0.6) is 0 Å². The van der Waals surface area contributed by atoms with E-state index in [2.05, 4.69) is 41.3 Å². The van der Waals surface area contributed by atoms with Gasteiger partial charge in [-0.2, -0.15) is 15.2 Å². The van der Waals surface area contributed by atoms with Crippen molar-refractivity contribution in [3.8, 4) is 0 Å². The third-order valence-electron chi connectivity index (χ3n) is 5.65. The minimum Gasteiger partial charge on any atom is -0.353 e. The summed E-state index contributed by atoms with van der Waals surface area (Å²) in [5, 5.41) is 25.6. The van der Waals surface area contributed by atoms with Gasteiger partial charge in [-0.1, -0.05) is 0 Å². The van der Waals surface area contributed by atoms with Crippen molar-refractivity contribution in [1.29, 1.82) is 0 Å². The molecule has 11 heteroatoms. The molecule has 4 heterocycles. The number of aromatic nitrogens is 7. The maximum Gasteiger partial charge on any atom is 0.243 e. The number of amides is 1. The summed E-state index contributed by atoms with van der Waals surface area (Å²) in [6, 6.07) is 7.75. The van der Waals surface area contributed by atoms with Crippen molar-refractivity contribution in [3.05, 3.63) is 42.4 Å². The quantitative estimate of drug-likeness (QED) is 0.258. The van der Waals surface area contributed by atoms with Crippen LogP contribution >= 0.6 is 0 Å². The molecule has 0 aliphatic heterocycles. The van der Waals surface area contributed by atoms with E-state index in [1.165, 1.54) is 18.5 Å². The number of nitrogens with one attached hydrogen (secondary N) is 4. The maximum absolute atomic E-state index is 12.2. The summed E-state index contributed by atoms with van der Waals surface area (Å²) in [5.41, 5.74) is 2.04. The van der Waals surface area contributed by atoms with Crippen LogP contribution in [0.2, 0.25) is 0 Å². The highest BCUT2D eigenvalue weighted by Gasteiger charge is 2.25. The van der Waals surface area contributed by atoms with Crippen molar-refractivity contribution >= 4 is 34.8 Å². The number of aryl methyl sites for hydroxylation is 1. The molecular formula is C22H28N10O. The number of unbranched alkanes of at least 4 members (excludes halogenated alkanes) is 1. The van der Waals surface area contributed by atoms with Gasteiger partial charge in [-0.25, -0.2) is 9.20 Å². The smallest absolute Gasteiger partial charge is 0.243 e. The molecule has 4 aromatic heterocycles. The molecular weight excluding hydrogens is 420 g/mol. The summed E-state index contributed by atoms with van der Waals surface area (Å²) >= 11 is 0. The Labute approximate surface area is 191 Å². The van der Waals surface area contributed by atoms with E-state index in [1.54, 1.807) is 21.5 Å². The number of nitrogens with zero attached hydrogens (tertiary/aromatic N) is 6. The molecule has 0 unspecified atom stereocenters. The van der Waals surface area contributed by atoms with Gasteiger partial charge in [0.05, 0.1) is 6.20 Å². The van der Waals surface area contributed by atoms with Gasteiger partial charge in [0.2, 0.25) is 11.9 Å². The second-order valence-corrected chi connectivity index (χ2v) is 8.19. The van der Waals surface area contributed by atoms with Gasteiger partial charge < -0.3 is 16.0 Å². The summed E-state index contributed by atoms with van der Waals surface area (Å²) in [6.45, 7) is 3.38. The number of fused-ring (bicyclic) bond motifs is 1. The number of anilines is 4. The van der Waals surface area contributed by atoms with Gasteiger partial charge in [0.1, 0.15) is 11.3 Å². The Bertz CT molecular complexity index is 1240. The fourth-order valence-corrected chi connectivity index (χ4v) is 3.73. The van der Waals surface area contributed by atoms with E-state index in [1.807, 2.05) is 31.3 Å². The molecule has 1 aliphatic rings. The molecule has 4 N–H and O–H groups in total. The number of carbonyl (C=O) groups excluding carboxylic acids is 1. The first-order valence-electron chi connectivity index (χ1n) is 11.4. The first-order valence-corrected chi connectivity index (χ1v) is 11.4. The Morgan fingerprint density at radius 2 is 2.18 bits per heavy atom. The Balaban J connectivity index is 1.13. The molecule has 0 aromatic carbocycles. The summed E-state index contributed by atoms with van der Waals surface area (Å²) in [7, 11) is 0. The SMILES string of the molecule is CCn1nccc1NC(=O)CCCCNc1nc(Nc2cc(C3CC3)[nH]n2)c2cccn2n1. The van der Waals surface area contributed by atoms with E-state index in [4.69, 9.17) is 0 Å². The lowest BCUT2D eigenvalue weighted by Gasteiger charge is -2.10. The molecule has 0 radical (unpaired) electrons. The molecule has 172 valence electrons. The first kappa shape index (κ1) is 21.0. The molecule has 0 spiro atoms. The molecule has 0 atom stereocenters. The standard InChI is InChI=1S/C22H28N10O/c1-2-31-19(10-12-24-31)26-20(33)7-3-4-11-23-22-27-21(17-6-5-13-32(17)30-22)25-18-14-16(28-29-18)15-8-9-15/h5-6,10,12-15H,2-4,7-9,11H2,1H3,(H,26,33)(H3,23,25,27,28,29,30). The molecule has 4 aromatic rings. The topological polar surface area (TPSA) is 130 Å². The highest BCUT2D eigenvalue weighted by molar-refractivity contribution is 5.89. The highest BCUT2D eigenvalue weighted by atomic mass is 16.1. The average molecular weight is 449 g/mol. The third-order valence-corrected chi connectivity index (χ3v) is 5.65. The molecule has 0 bridgehead atoms. The van der Waals surface area contributed by atoms with E-state index in [0.29, 0.717) is 30.6 Å². The fourth-order valence-electron chi connectivity index (χ4n) is 3.73. The van der Waals surface area contributed by atoms with Crippen LogP contribution in [-0.4, -0.2) is 47.0 Å². The predicted molar refractivity (Wildman–Crippen MR) is 126 cm³/mol. The number of H-pyrrole nitrogens is 1. The summed E-state index contributed by atoms with van der Waals surface area (Å²) < 4.78 is 3.55. The van der Waals surface area contributed by atoms with Gasteiger partial charge in [-0.3, -0.25) is 9.89 Å². The van der Waals surface area contributed by atoms with Crippen molar-refractivity contribution in [2.24, 2.45) is 0 Å². The number of aromatic amines is 1. The first-order chi connectivity index (χ1) is 16.2. The lowest BCUT2D eigenvalue weighted by molar-refractivity contribution is -0.116. The van der Waals surface area contributed by atoms with E-state index >= 15 is 0 Å². The molecule has 0 saturated heterocycles. The normalized spacial score (nSPS) is 13.4. The predicted octanol–water partition coefficient (Wildman–Crippen LogP) is 3.51. The summed E-state index contributed by atoms with van der Waals surface area (Å²) in [6.07, 6.45) is 8.04. The zero-order valence-electron chi connectivity index (χ0n) is 18.6. The Hall–Kier alpha value is -3.89. The van der Waals surface area contributed by atoms with Crippen molar-refractivity contribution in [2.45, 2.75) is 51.5 Å². The number of hydrogen-bond donors (Lipinski definition) is 4. The Morgan fingerprint density at radius 1 is 1.27 bits per heavy atom. The maximum atomic E-state index is 12.2. The molecule has 1 aliphatic carbocycles. The monoisotopic (exact) mass is 448 g/mol. The van der Waals surface area contributed by atoms with Crippen LogP contribution in [0.3, 0.4) is 0 Å². The number of carbonyl (C=O) groups is 1. The number of hydrogen-bond acceptors (Lipinski definition) is 7. The Kier molecular flexibility index (Phi) is 5.92. The van der Waals surface area contributed by atoms with Crippen LogP contribution in [0.4, 0.5) is 23.4 Å². The van der Waals surface area contributed by atoms with E-state index in [0.717, 1.165) is 36.5 Å². The highest BCUT2D eigenvalue weighted by Crippen LogP contribution is 2.39. The van der Waals surface area contributed by atoms with E-state index < -0.39 is 0 Å². The lowest BCUT2D eigenvalue weighted by Crippen LogP contribution is -2.15. The third kappa shape index (κ3) is 4.97. The van der Waals surface area contributed by atoms with Gasteiger partial charge in [0, 0.05) is 49.5 Å². The molecule has 1 fully saturated rings. The zero-order chi connectivity index (χ0) is 22.6. The fraction of sp³-hybridized carbons (Fsp3) is 0.409. The molecule has 5 rings (SSSR count). The minimum atomic E-state index is -0.00809. The van der Waals surface area contributed by atoms with Crippen LogP contribution in [0.25, 0.3) is 5.52 Å². The van der Waals surface area contributed by atoms with Crippen molar-refractivity contribution < 1.29 is 4.79 Å². The number of rotatable bonds is 11. The van der Waals surface area contributed by atoms with Crippen LogP contribution in [0, 0.1) is 0 Å². The van der Waals surface area contributed by atoms with Crippen LogP contribution < -0.4 is 16.0 Å². The van der Waals surface area contributed by atoms with Gasteiger partial charge in [-0.05, 0) is 44.7 Å². The Morgan fingerprint density at radius 3 is 3.03 bits per heavy atom. The van der Waals surface area contributed by atoms with E-state index in [9.17, 15) is 4.79 Å². The van der Waals surface area contributed by atoms with Gasteiger partial charge in [0.25, 0.3) is 0 Å². The summed E-state index contributed by atoms with van der Waals surface area (Å²) in [4.78, 5) is 16.8. The molecule has 33 heavy (non-hydrogen) atoms. The van der Waals surface area contributed by atoms with Gasteiger partial charge in [0.15, 0.2) is 11.6 Å². The van der Waals surface area contributed by atoms with Gasteiger partial charge in [-0.15, -0.1) is 5.10 Å². The van der Waals surface area contributed by atoms with E-state index in [-0.39, 0.29) is 5.91 Å². The molecule has 11 nitrogen and oxygen atoms in total. The zero-order valence-corrected chi connectivity index (χ0v) is 18.6. The average Bonchev–Trinajstić information content (AvgIpc) is 3.18. The molecule has 1 saturated carbocycles. The second-order valence-electron chi connectivity index (χ2n) is 8.19. The minimum absolute atomic E-state index is 0.00809. The van der Waals surface area contributed by atoms with Gasteiger partial charge >= 0.3 is 0 Å². The van der Waals surface area contributed by atoms with Crippen molar-refractivity contribution in [2.75, 3.05) is 22.5 Å². The second kappa shape index (κ2) is 9.31.